The molecule has 0 heterocycles. The Morgan fingerprint density at radius 1 is 1.35 bits per heavy atom. The Balaban J connectivity index is 2.97. The summed E-state index contributed by atoms with van der Waals surface area (Å²) in [7, 11) is -3.67. The molecule has 0 aliphatic carbocycles. The van der Waals surface area contributed by atoms with Crippen LogP contribution < -0.4 is 4.72 Å². The lowest BCUT2D eigenvalue weighted by Crippen LogP contribution is -2.29. The lowest BCUT2D eigenvalue weighted by atomic mass is 10.3. The molecular formula is C10H11Br2NO3S. The molecule has 1 rings (SSSR count). The third kappa shape index (κ3) is 4.17. The highest BCUT2D eigenvalue weighted by atomic mass is 79.9. The van der Waals surface area contributed by atoms with Crippen LogP contribution in [0.1, 0.15) is 13.3 Å². The van der Waals surface area contributed by atoms with Crippen LogP contribution in [-0.4, -0.2) is 20.7 Å². The summed E-state index contributed by atoms with van der Waals surface area (Å²) in [4.78, 5) is 11.2. The van der Waals surface area contributed by atoms with Gasteiger partial charge in [-0.3, -0.25) is 4.79 Å². The third-order valence-corrected chi connectivity index (χ3v) is 4.92. The Bertz CT molecular complexity index is 528. The van der Waals surface area contributed by atoms with Gasteiger partial charge in [-0.1, -0.05) is 22.9 Å². The molecule has 4 nitrogen and oxygen atoms in total. The maximum atomic E-state index is 11.9. The monoisotopic (exact) mass is 383 g/mol. The first-order chi connectivity index (χ1) is 7.86. The number of nitrogens with one attached hydrogen (secondary N) is 1. The molecule has 0 fully saturated rings. The smallest absolute Gasteiger partial charge is 0.242 e. The number of halogens is 2. The lowest BCUT2D eigenvalue weighted by molar-refractivity contribution is -0.117. The van der Waals surface area contributed by atoms with E-state index in [2.05, 4.69) is 36.6 Å². The summed E-state index contributed by atoms with van der Waals surface area (Å²) in [6, 6.07) is 4.82. The van der Waals surface area contributed by atoms with Gasteiger partial charge in [0, 0.05) is 15.4 Å². The van der Waals surface area contributed by atoms with Gasteiger partial charge in [-0.05, 0) is 34.1 Å². The molecule has 17 heavy (non-hydrogen) atoms. The van der Waals surface area contributed by atoms with E-state index >= 15 is 0 Å². The first kappa shape index (κ1) is 14.8. The zero-order chi connectivity index (χ0) is 13.1. The number of benzene rings is 1. The van der Waals surface area contributed by atoms with Crippen molar-refractivity contribution in [3.05, 3.63) is 27.1 Å². The van der Waals surface area contributed by atoms with Crippen molar-refractivity contribution >= 4 is 47.7 Å². The maximum absolute atomic E-state index is 11.9. The van der Waals surface area contributed by atoms with Gasteiger partial charge >= 0.3 is 0 Å². The average molecular weight is 385 g/mol. The number of ketones is 1. The van der Waals surface area contributed by atoms with Gasteiger partial charge in [-0.25, -0.2) is 13.1 Å². The second kappa shape index (κ2) is 6.08. The van der Waals surface area contributed by atoms with Gasteiger partial charge in [0.25, 0.3) is 0 Å². The van der Waals surface area contributed by atoms with E-state index in [1.807, 2.05) is 0 Å². The summed E-state index contributed by atoms with van der Waals surface area (Å²) in [6.07, 6.45) is 0.308. The number of sulfonamides is 1. The molecule has 0 saturated heterocycles. The number of rotatable bonds is 5. The van der Waals surface area contributed by atoms with Gasteiger partial charge in [-0.15, -0.1) is 0 Å². The van der Waals surface area contributed by atoms with Crippen molar-refractivity contribution in [2.45, 2.75) is 18.2 Å². The van der Waals surface area contributed by atoms with E-state index in [0.29, 0.717) is 15.4 Å². The highest BCUT2D eigenvalue weighted by molar-refractivity contribution is 9.11. The lowest BCUT2D eigenvalue weighted by Gasteiger charge is -2.08. The largest absolute Gasteiger partial charge is 0.298 e. The van der Waals surface area contributed by atoms with Gasteiger partial charge in [-0.2, -0.15) is 0 Å². The minimum Gasteiger partial charge on any atom is -0.298 e. The molecule has 0 aliphatic heterocycles. The fourth-order valence-corrected chi connectivity index (χ4v) is 3.57. The minimum atomic E-state index is -3.67. The first-order valence-corrected chi connectivity index (χ1v) is 7.90. The number of Topliss-reactive ketones (excluding diaryl/α,β-unsaturated/α-hetero) is 1. The van der Waals surface area contributed by atoms with Crippen molar-refractivity contribution < 1.29 is 13.2 Å². The normalized spacial score (nSPS) is 11.5. The summed E-state index contributed by atoms with van der Waals surface area (Å²) in [5.41, 5.74) is 0. The van der Waals surface area contributed by atoms with Crippen LogP contribution in [0.4, 0.5) is 0 Å². The van der Waals surface area contributed by atoms with Crippen molar-refractivity contribution in [3.63, 3.8) is 0 Å². The second-order valence-electron chi connectivity index (χ2n) is 3.29. The van der Waals surface area contributed by atoms with Crippen molar-refractivity contribution in [1.29, 1.82) is 0 Å². The van der Waals surface area contributed by atoms with E-state index in [4.69, 9.17) is 0 Å². The Morgan fingerprint density at radius 3 is 2.59 bits per heavy atom. The van der Waals surface area contributed by atoms with Crippen LogP contribution in [0.2, 0.25) is 0 Å². The SMILES string of the molecule is CCC(=O)CNS(=O)(=O)c1cc(Br)ccc1Br. The van der Waals surface area contributed by atoms with E-state index in [1.165, 1.54) is 6.07 Å². The second-order valence-corrected chi connectivity index (χ2v) is 6.80. The van der Waals surface area contributed by atoms with Crippen molar-refractivity contribution in [1.82, 2.24) is 4.72 Å². The van der Waals surface area contributed by atoms with E-state index in [1.54, 1.807) is 19.1 Å². The van der Waals surface area contributed by atoms with Crippen molar-refractivity contribution in [2.75, 3.05) is 6.54 Å². The Morgan fingerprint density at radius 2 is 2.00 bits per heavy atom. The number of hydrogen-bond donors (Lipinski definition) is 1. The molecule has 1 N–H and O–H groups in total. The average Bonchev–Trinajstić information content (AvgIpc) is 2.29. The molecule has 0 radical (unpaired) electrons. The molecule has 0 saturated carbocycles. The van der Waals surface area contributed by atoms with E-state index in [0.717, 1.165) is 0 Å². The highest BCUT2D eigenvalue weighted by Crippen LogP contribution is 2.25. The molecule has 0 bridgehead atoms. The standard InChI is InChI=1S/C10H11Br2NO3S/c1-2-8(14)6-13-17(15,16)10-5-7(11)3-4-9(10)12/h3-5,13H,2,6H2,1H3. The molecule has 94 valence electrons. The van der Waals surface area contributed by atoms with Gasteiger partial charge in [0.05, 0.1) is 11.4 Å². The predicted molar refractivity (Wildman–Crippen MR) is 72.3 cm³/mol. The summed E-state index contributed by atoms with van der Waals surface area (Å²) in [5, 5.41) is 0. The zero-order valence-corrected chi connectivity index (χ0v) is 13.0. The Kier molecular flexibility index (Phi) is 5.30. The molecule has 0 atom stereocenters. The predicted octanol–water partition coefficient (Wildman–Crippen LogP) is 2.47. The molecule has 0 aliphatic rings. The first-order valence-electron chi connectivity index (χ1n) is 4.83. The summed E-state index contributed by atoms with van der Waals surface area (Å²) >= 11 is 6.37. The fourth-order valence-electron chi connectivity index (χ4n) is 1.06. The van der Waals surface area contributed by atoms with E-state index in [9.17, 15) is 13.2 Å². The van der Waals surface area contributed by atoms with Crippen LogP contribution >= 0.6 is 31.9 Å². The maximum Gasteiger partial charge on any atom is 0.242 e. The van der Waals surface area contributed by atoms with Crippen LogP contribution in [0.25, 0.3) is 0 Å². The molecule has 1 aromatic rings. The highest BCUT2D eigenvalue weighted by Gasteiger charge is 2.18. The molecule has 1 aromatic carbocycles. The number of carbonyl (C=O) groups is 1. The zero-order valence-electron chi connectivity index (χ0n) is 9.04. The van der Waals surface area contributed by atoms with Crippen molar-refractivity contribution in [3.8, 4) is 0 Å². The van der Waals surface area contributed by atoms with Gasteiger partial charge in [0.2, 0.25) is 10.0 Å². The number of hydrogen-bond acceptors (Lipinski definition) is 3. The third-order valence-electron chi connectivity index (χ3n) is 2.04. The summed E-state index contributed by atoms with van der Waals surface area (Å²) in [5.74, 6) is -0.153. The van der Waals surface area contributed by atoms with Gasteiger partial charge in [0.1, 0.15) is 5.78 Å². The molecule has 0 unspecified atom stereocenters. The summed E-state index contributed by atoms with van der Waals surface area (Å²) < 4.78 is 27.2. The summed E-state index contributed by atoms with van der Waals surface area (Å²) in [6.45, 7) is 1.50. The van der Waals surface area contributed by atoms with Gasteiger partial charge in [0.15, 0.2) is 0 Å². The van der Waals surface area contributed by atoms with E-state index < -0.39 is 10.0 Å². The van der Waals surface area contributed by atoms with Crippen LogP contribution in [-0.2, 0) is 14.8 Å². The molecule has 0 spiro atoms. The van der Waals surface area contributed by atoms with Gasteiger partial charge < -0.3 is 0 Å². The molecule has 0 amide bonds. The molecule has 7 heteroatoms. The molecule has 0 aromatic heterocycles. The van der Waals surface area contributed by atoms with Crippen LogP contribution in [0.3, 0.4) is 0 Å². The minimum absolute atomic E-state index is 0.107. The Hall–Kier alpha value is -0.240. The van der Waals surface area contributed by atoms with Crippen molar-refractivity contribution in [2.24, 2.45) is 0 Å². The topological polar surface area (TPSA) is 63.2 Å². The van der Waals surface area contributed by atoms with E-state index in [-0.39, 0.29) is 17.2 Å². The molecular weight excluding hydrogens is 374 g/mol. The van der Waals surface area contributed by atoms with Crippen LogP contribution in [0.15, 0.2) is 32.0 Å². The Labute approximate surface area is 117 Å². The number of carbonyl (C=O) groups excluding carboxylic acids is 1. The van der Waals surface area contributed by atoms with Crippen LogP contribution in [0, 0.1) is 0 Å². The fraction of sp³-hybridized carbons (Fsp3) is 0.300. The quantitative estimate of drug-likeness (QED) is 0.848. The van der Waals surface area contributed by atoms with Crippen LogP contribution in [0.5, 0.6) is 0 Å².